The maximum atomic E-state index is 12.1. The summed E-state index contributed by atoms with van der Waals surface area (Å²) < 4.78 is 43.1. The van der Waals surface area contributed by atoms with E-state index in [0.717, 1.165) is 56.5 Å². The normalized spacial score (nSPS) is 26.2. The van der Waals surface area contributed by atoms with Crippen LogP contribution in [0.25, 0.3) is 0 Å². The molecule has 3 aliphatic heterocycles. The lowest BCUT2D eigenvalue weighted by atomic mass is 9.96. The number of aliphatic imine (C=N–C) groups is 1. The summed E-state index contributed by atoms with van der Waals surface area (Å²) in [6, 6.07) is 0.175. The van der Waals surface area contributed by atoms with E-state index in [-0.39, 0.29) is 42.2 Å². The average Bonchev–Trinajstić information content (AvgIpc) is 3.48. The predicted octanol–water partition coefficient (Wildman–Crippen LogP) is 4.23. The maximum absolute atomic E-state index is 12.1. The Balaban J connectivity index is 1.19. The minimum absolute atomic E-state index is 0.0247. The summed E-state index contributed by atoms with van der Waals surface area (Å²) in [5.74, 6) is 0.831. The van der Waals surface area contributed by atoms with Crippen LogP contribution in [0.1, 0.15) is 51.6 Å². The van der Waals surface area contributed by atoms with Gasteiger partial charge in [0, 0.05) is 12.8 Å². The van der Waals surface area contributed by atoms with Crippen LogP contribution < -0.4 is 5.32 Å². The lowest BCUT2D eigenvalue weighted by Crippen LogP contribution is -2.20. The zero-order valence-electron chi connectivity index (χ0n) is 22.1. The molecule has 39 heavy (non-hydrogen) atoms. The molecule has 4 heterocycles. The van der Waals surface area contributed by atoms with Crippen LogP contribution in [-0.4, -0.2) is 84.5 Å². The highest BCUT2D eigenvalue weighted by Gasteiger charge is 2.30. The molecule has 2 saturated heterocycles. The van der Waals surface area contributed by atoms with E-state index in [2.05, 4.69) is 20.0 Å². The molecule has 15 heteroatoms. The predicted molar refractivity (Wildman–Crippen MR) is 142 cm³/mol. The van der Waals surface area contributed by atoms with E-state index in [1.165, 1.54) is 0 Å². The fourth-order valence-electron chi connectivity index (χ4n) is 4.61. The molecule has 0 aliphatic carbocycles. The van der Waals surface area contributed by atoms with Gasteiger partial charge in [-0.05, 0) is 69.9 Å². The molecule has 0 spiro atoms. The van der Waals surface area contributed by atoms with Crippen LogP contribution in [-0.2, 0) is 39.2 Å². The van der Waals surface area contributed by atoms with Crippen molar-refractivity contribution in [1.82, 2.24) is 9.97 Å². The summed E-state index contributed by atoms with van der Waals surface area (Å²) >= 11 is 6.19. The van der Waals surface area contributed by atoms with Gasteiger partial charge in [0.25, 0.3) is 0 Å². The number of rotatable bonds is 12. The maximum Gasteiger partial charge on any atom is 0.510 e. The molecule has 1 aromatic heterocycles. The van der Waals surface area contributed by atoms with E-state index in [1.54, 1.807) is 13.8 Å². The van der Waals surface area contributed by atoms with Gasteiger partial charge in [0.1, 0.15) is 12.0 Å². The third-order valence-electron chi connectivity index (χ3n) is 6.45. The highest BCUT2D eigenvalue weighted by molar-refractivity contribution is 7.52. The van der Waals surface area contributed by atoms with Crippen LogP contribution in [0.3, 0.4) is 0 Å². The van der Waals surface area contributed by atoms with Crippen LogP contribution in [0.15, 0.2) is 4.99 Å². The number of hydrogen-bond donors (Lipinski definition) is 2. The second-order valence-corrected chi connectivity index (χ2v) is 12.2. The molecule has 2 N–H and O–H groups in total. The summed E-state index contributed by atoms with van der Waals surface area (Å²) in [6.45, 7) is 4.09. The van der Waals surface area contributed by atoms with Crippen molar-refractivity contribution < 1.29 is 42.5 Å². The Bertz CT molecular complexity index is 1060. The molecule has 0 bridgehead atoms. The molecule has 0 radical (unpaired) electrons. The summed E-state index contributed by atoms with van der Waals surface area (Å²) in [6.07, 6.45) is 4.79. The number of halogens is 1. The number of nitrogens with zero attached hydrogens (tertiary/aromatic N) is 3. The SMILES string of the molecule is CC(C)OC(=O)OCOP(=O)(O)COCC1CCC(CC2C=Nc3c(nc(Cl)nc3N[C@H]3CCOC3)CC2)O1. The topological polar surface area (TPSA) is 160 Å². The van der Waals surface area contributed by atoms with Crippen LogP contribution in [0.5, 0.6) is 0 Å². The van der Waals surface area contributed by atoms with Crippen LogP contribution in [0, 0.1) is 5.92 Å². The lowest BCUT2D eigenvalue weighted by Gasteiger charge is -2.18. The van der Waals surface area contributed by atoms with Crippen LogP contribution >= 0.6 is 19.2 Å². The van der Waals surface area contributed by atoms with Crippen molar-refractivity contribution >= 4 is 43.1 Å². The fraction of sp³-hybridized carbons (Fsp3) is 0.750. The van der Waals surface area contributed by atoms with Crippen LogP contribution in [0.2, 0.25) is 5.28 Å². The number of ether oxygens (including phenoxy) is 5. The summed E-state index contributed by atoms with van der Waals surface area (Å²) in [7, 11) is -4.10. The van der Waals surface area contributed by atoms with Gasteiger partial charge in [0.05, 0.1) is 43.3 Å². The molecule has 2 fully saturated rings. The van der Waals surface area contributed by atoms with Crippen LogP contribution in [0.4, 0.5) is 16.3 Å². The average molecular weight is 591 g/mol. The molecule has 0 aromatic carbocycles. The number of carbonyl (C=O) groups excluding carboxylic acids is 1. The zero-order chi connectivity index (χ0) is 27.8. The molecular weight excluding hydrogens is 555 g/mol. The van der Waals surface area contributed by atoms with Crippen molar-refractivity contribution in [3.8, 4) is 0 Å². The van der Waals surface area contributed by atoms with Gasteiger partial charge in [0.2, 0.25) is 12.1 Å². The number of hydrogen-bond acceptors (Lipinski definition) is 12. The van der Waals surface area contributed by atoms with Gasteiger partial charge in [-0.1, -0.05) is 0 Å². The Morgan fingerprint density at radius 2 is 2.08 bits per heavy atom. The van der Waals surface area contributed by atoms with Crippen molar-refractivity contribution in [2.75, 3.05) is 38.3 Å². The monoisotopic (exact) mass is 590 g/mol. The minimum Gasteiger partial charge on any atom is -0.432 e. The molecule has 0 saturated carbocycles. The molecule has 5 atom stereocenters. The Labute approximate surface area is 232 Å². The third kappa shape index (κ3) is 9.63. The number of aryl methyl sites for hydroxylation is 1. The Morgan fingerprint density at radius 3 is 2.85 bits per heavy atom. The molecule has 0 amide bonds. The van der Waals surface area contributed by atoms with Gasteiger partial charge in [-0.3, -0.25) is 14.1 Å². The van der Waals surface area contributed by atoms with E-state index in [9.17, 15) is 14.3 Å². The number of nitrogens with one attached hydrogen (secondary N) is 1. The fourth-order valence-corrected chi connectivity index (χ4v) is 5.43. The summed E-state index contributed by atoms with van der Waals surface area (Å²) in [4.78, 5) is 34.7. The first-order valence-electron chi connectivity index (χ1n) is 13.1. The second-order valence-electron chi connectivity index (χ2n) is 10.1. The molecule has 1 aromatic rings. The van der Waals surface area contributed by atoms with Gasteiger partial charge in [-0.15, -0.1) is 0 Å². The third-order valence-corrected chi connectivity index (χ3v) is 7.64. The summed E-state index contributed by atoms with van der Waals surface area (Å²) in [5, 5.41) is 3.60. The van der Waals surface area contributed by atoms with E-state index in [0.29, 0.717) is 12.4 Å². The van der Waals surface area contributed by atoms with Gasteiger partial charge in [0.15, 0.2) is 5.82 Å². The number of aromatic nitrogens is 2. The second kappa shape index (κ2) is 14.2. The summed E-state index contributed by atoms with van der Waals surface area (Å²) in [5.41, 5.74) is 1.55. The van der Waals surface area contributed by atoms with E-state index < -0.39 is 26.9 Å². The van der Waals surface area contributed by atoms with Gasteiger partial charge in [-0.25, -0.2) is 9.78 Å². The largest absolute Gasteiger partial charge is 0.510 e. The molecule has 4 rings (SSSR count). The van der Waals surface area contributed by atoms with Gasteiger partial charge >= 0.3 is 13.8 Å². The standard InChI is InChI=1S/C24H36ClN4O9P/c1-15(2)37-24(30)35-13-36-39(31,32)14-34-12-19-5-4-18(38-19)9-16-3-6-20-21(26-10-16)22(29-23(25)28-20)27-17-7-8-33-11-17/h10,15-19H,3-9,11-14H2,1-2H3,(H,31,32)(H,27,28,29)/t16?,17-,18?,19?/m0/s1. The van der Waals surface area contributed by atoms with E-state index in [1.807, 2.05) is 6.21 Å². The number of carbonyl (C=O) groups is 1. The highest BCUT2D eigenvalue weighted by atomic mass is 35.5. The Morgan fingerprint density at radius 1 is 1.26 bits per heavy atom. The molecule has 13 nitrogen and oxygen atoms in total. The quantitative estimate of drug-likeness (QED) is 0.154. The first-order chi connectivity index (χ1) is 18.7. The molecular formula is C24H36ClN4O9P. The minimum atomic E-state index is -4.10. The molecule has 4 unspecified atom stereocenters. The lowest BCUT2D eigenvalue weighted by molar-refractivity contribution is -0.0230. The van der Waals surface area contributed by atoms with Crippen molar-refractivity contribution in [2.45, 2.75) is 76.7 Å². The Kier molecular flexibility index (Phi) is 10.9. The van der Waals surface area contributed by atoms with Crippen molar-refractivity contribution in [1.29, 1.82) is 0 Å². The number of fused-ring (bicyclic) bond motifs is 1. The first-order valence-corrected chi connectivity index (χ1v) is 15.3. The smallest absolute Gasteiger partial charge is 0.432 e. The zero-order valence-corrected chi connectivity index (χ0v) is 23.8. The van der Waals surface area contributed by atoms with E-state index >= 15 is 0 Å². The van der Waals surface area contributed by atoms with Crippen molar-refractivity contribution in [3.63, 3.8) is 0 Å². The van der Waals surface area contributed by atoms with Crippen molar-refractivity contribution in [3.05, 3.63) is 11.0 Å². The highest BCUT2D eigenvalue weighted by Crippen LogP contribution is 2.42. The van der Waals surface area contributed by atoms with E-state index in [4.69, 9.17) is 40.1 Å². The van der Waals surface area contributed by atoms with Crippen molar-refractivity contribution in [2.24, 2.45) is 10.9 Å². The molecule has 3 aliphatic rings. The Hall–Kier alpha value is -1.86. The van der Waals surface area contributed by atoms with Gasteiger partial charge in [-0.2, -0.15) is 4.98 Å². The number of anilines is 1. The van der Waals surface area contributed by atoms with Gasteiger partial charge < -0.3 is 33.9 Å². The molecule has 218 valence electrons. The first kappa shape index (κ1) is 30.1.